The van der Waals surface area contributed by atoms with Crippen LogP contribution in [0.15, 0.2) is 36.4 Å². The van der Waals surface area contributed by atoms with E-state index in [1.807, 2.05) is 6.07 Å². The Morgan fingerprint density at radius 2 is 1.76 bits per heavy atom. The summed E-state index contributed by atoms with van der Waals surface area (Å²) in [5.74, 6) is 0.778. The van der Waals surface area contributed by atoms with Crippen LogP contribution in [0.5, 0.6) is 11.5 Å². The predicted molar refractivity (Wildman–Crippen MR) is 112 cm³/mol. The Morgan fingerprint density at radius 1 is 1.07 bits per heavy atom. The number of hydrogen-bond donors (Lipinski definition) is 1. The van der Waals surface area contributed by atoms with Crippen LogP contribution in [-0.2, 0) is 22.4 Å². The van der Waals surface area contributed by atoms with Crippen LogP contribution in [0, 0.1) is 5.92 Å². The average molecular weight is 394 g/mol. The molecule has 1 atom stereocenters. The van der Waals surface area contributed by atoms with E-state index >= 15 is 0 Å². The predicted octanol–water partition coefficient (Wildman–Crippen LogP) is 3.57. The van der Waals surface area contributed by atoms with Gasteiger partial charge in [0.05, 0.1) is 5.92 Å². The molecule has 1 N–H and O–H groups in total. The van der Waals surface area contributed by atoms with Gasteiger partial charge in [-0.1, -0.05) is 32.0 Å². The van der Waals surface area contributed by atoms with Crippen molar-refractivity contribution in [1.29, 1.82) is 0 Å². The number of ether oxygens (including phenoxy) is 2. The lowest BCUT2D eigenvalue weighted by molar-refractivity contribution is -0.122. The lowest BCUT2D eigenvalue weighted by Gasteiger charge is -2.23. The van der Waals surface area contributed by atoms with E-state index in [4.69, 9.17) is 9.47 Å². The molecule has 2 aromatic carbocycles. The van der Waals surface area contributed by atoms with Crippen molar-refractivity contribution in [3.05, 3.63) is 47.5 Å². The number of hydrogen-bond acceptors (Lipinski definition) is 4. The summed E-state index contributed by atoms with van der Waals surface area (Å²) in [5.41, 5.74) is 3.92. The van der Waals surface area contributed by atoms with E-state index in [9.17, 15) is 9.59 Å². The number of fused-ring (bicyclic) bond motifs is 1. The second-order valence-corrected chi connectivity index (χ2v) is 7.39. The van der Waals surface area contributed by atoms with Crippen LogP contribution < -0.4 is 19.7 Å². The zero-order valence-electron chi connectivity index (χ0n) is 16.9. The van der Waals surface area contributed by atoms with Crippen molar-refractivity contribution in [2.45, 2.75) is 33.1 Å². The summed E-state index contributed by atoms with van der Waals surface area (Å²) in [4.78, 5) is 27.4. The van der Waals surface area contributed by atoms with Crippen molar-refractivity contribution in [2.75, 3.05) is 30.0 Å². The Labute approximate surface area is 170 Å². The normalized spacial score (nSPS) is 18.1. The Kier molecular flexibility index (Phi) is 5.43. The van der Waals surface area contributed by atoms with Gasteiger partial charge in [0, 0.05) is 30.4 Å². The van der Waals surface area contributed by atoms with E-state index < -0.39 is 0 Å². The molecule has 4 rings (SSSR count). The largest absolute Gasteiger partial charge is 0.486 e. The first kappa shape index (κ1) is 19.3. The topological polar surface area (TPSA) is 67.9 Å². The number of carbonyl (C=O) groups is 2. The molecule has 152 valence electrons. The number of para-hydroxylation sites is 1. The summed E-state index contributed by atoms with van der Waals surface area (Å²) in [5, 5.41) is 2.93. The number of nitrogens with zero attached hydrogens (tertiary/aromatic N) is 1. The number of aryl methyl sites for hydroxylation is 2. The van der Waals surface area contributed by atoms with Crippen molar-refractivity contribution >= 4 is 23.2 Å². The summed E-state index contributed by atoms with van der Waals surface area (Å²) in [6.07, 6.45) is 1.92. The lowest BCUT2D eigenvalue weighted by atomic mass is 10.0. The SMILES string of the molecule is CCc1cccc(CC)c1N1CC(C(=O)Nc2ccc3c(c2)OCCO3)CC1=O. The van der Waals surface area contributed by atoms with Gasteiger partial charge in [0.15, 0.2) is 11.5 Å². The Hall–Kier alpha value is -3.02. The Bertz CT molecular complexity index is 918. The highest BCUT2D eigenvalue weighted by Crippen LogP contribution is 2.35. The van der Waals surface area contributed by atoms with Gasteiger partial charge in [-0.15, -0.1) is 0 Å². The number of anilines is 2. The van der Waals surface area contributed by atoms with E-state index in [0.29, 0.717) is 36.9 Å². The van der Waals surface area contributed by atoms with Gasteiger partial charge in [0.1, 0.15) is 13.2 Å². The summed E-state index contributed by atoms with van der Waals surface area (Å²) in [7, 11) is 0. The maximum atomic E-state index is 12.9. The molecule has 1 fully saturated rings. The number of benzene rings is 2. The molecule has 6 heteroatoms. The summed E-state index contributed by atoms with van der Waals surface area (Å²) in [6.45, 7) is 5.60. The number of amides is 2. The molecule has 0 spiro atoms. The van der Waals surface area contributed by atoms with E-state index in [1.54, 1.807) is 23.1 Å². The summed E-state index contributed by atoms with van der Waals surface area (Å²) < 4.78 is 11.1. The highest BCUT2D eigenvalue weighted by Gasteiger charge is 2.36. The highest BCUT2D eigenvalue weighted by atomic mass is 16.6. The van der Waals surface area contributed by atoms with E-state index in [2.05, 4.69) is 31.3 Å². The summed E-state index contributed by atoms with van der Waals surface area (Å²) in [6, 6.07) is 11.5. The molecule has 2 aliphatic rings. The molecule has 2 heterocycles. The molecule has 0 saturated carbocycles. The zero-order chi connectivity index (χ0) is 20.4. The van der Waals surface area contributed by atoms with Gasteiger partial charge < -0.3 is 19.7 Å². The van der Waals surface area contributed by atoms with Crippen molar-refractivity contribution in [3.63, 3.8) is 0 Å². The molecule has 2 amide bonds. The minimum atomic E-state index is -0.384. The Balaban J connectivity index is 1.50. The first-order valence-corrected chi connectivity index (χ1v) is 10.2. The second-order valence-electron chi connectivity index (χ2n) is 7.39. The van der Waals surface area contributed by atoms with E-state index in [-0.39, 0.29) is 24.2 Å². The third-order valence-corrected chi connectivity index (χ3v) is 5.54. The molecule has 29 heavy (non-hydrogen) atoms. The maximum Gasteiger partial charge on any atom is 0.229 e. The van der Waals surface area contributed by atoms with Gasteiger partial charge in [-0.25, -0.2) is 0 Å². The van der Waals surface area contributed by atoms with Gasteiger partial charge in [0.25, 0.3) is 0 Å². The van der Waals surface area contributed by atoms with Gasteiger partial charge >= 0.3 is 0 Å². The fourth-order valence-electron chi connectivity index (χ4n) is 4.03. The smallest absolute Gasteiger partial charge is 0.229 e. The van der Waals surface area contributed by atoms with Crippen LogP contribution in [0.1, 0.15) is 31.4 Å². The van der Waals surface area contributed by atoms with Gasteiger partial charge in [-0.05, 0) is 36.1 Å². The molecule has 0 aliphatic carbocycles. The van der Waals surface area contributed by atoms with Crippen molar-refractivity contribution in [3.8, 4) is 11.5 Å². The van der Waals surface area contributed by atoms with Crippen molar-refractivity contribution < 1.29 is 19.1 Å². The quantitative estimate of drug-likeness (QED) is 0.842. The molecule has 1 saturated heterocycles. The molecule has 0 aromatic heterocycles. The Morgan fingerprint density at radius 3 is 2.45 bits per heavy atom. The number of nitrogens with one attached hydrogen (secondary N) is 1. The minimum Gasteiger partial charge on any atom is -0.486 e. The van der Waals surface area contributed by atoms with Gasteiger partial charge in [0.2, 0.25) is 11.8 Å². The van der Waals surface area contributed by atoms with Crippen LogP contribution >= 0.6 is 0 Å². The molecule has 1 unspecified atom stereocenters. The summed E-state index contributed by atoms with van der Waals surface area (Å²) >= 11 is 0. The first-order chi connectivity index (χ1) is 14.1. The average Bonchev–Trinajstić information content (AvgIpc) is 3.14. The fraction of sp³-hybridized carbons (Fsp3) is 0.391. The number of carbonyl (C=O) groups excluding carboxylic acids is 2. The standard InChI is InChI=1S/C23H26N2O4/c1-3-15-6-5-7-16(4-2)22(15)25-14-17(12-21(25)26)23(27)24-18-8-9-19-20(13-18)29-11-10-28-19/h5-9,13,17H,3-4,10-12,14H2,1-2H3,(H,24,27). The molecular weight excluding hydrogens is 368 g/mol. The van der Waals surface area contributed by atoms with Crippen LogP contribution in [-0.4, -0.2) is 31.6 Å². The van der Waals surface area contributed by atoms with E-state index in [0.717, 1.165) is 29.7 Å². The zero-order valence-corrected chi connectivity index (χ0v) is 16.9. The fourth-order valence-corrected chi connectivity index (χ4v) is 4.03. The molecular formula is C23H26N2O4. The maximum absolute atomic E-state index is 12.9. The first-order valence-electron chi connectivity index (χ1n) is 10.2. The van der Waals surface area contributed by atoms with Crippen LogP contribution in [0.2, 0.25) is 0 Å². The minimum absolute atomic E-state index is 0.00271. The number of rotatable bonds is 5. The van der Waals surface area contributed by atoms with Gasteiger partial charge in [-0.3, -0.25) is 9.59 Å². The molecule has 2 aromatic rings. The molecule has 0 bridgehead atoms. The third kappa shape index (κ3) is 3.79. The van der Waals surface area contributed by atoms with Crippen LogP contribution in [0.4, 0.5) is 11.4 Å². The van der Waals surface area contributed by atoms with Crippen molar-refractivity contribution in [1.82, 2.24) is 0 Å². The van der Waals surface area contributed by atoms with E-state index in [1.165, 1.54) is 0 Å². The molecule has 0 radical (unpaired) electrons. The second kappa shape index (κ2) is 8.15. The van der Waals surface area contributed by atoms with Crippen molar-refractivity contribution in [2.24, 2.45) is 5.92 Å². The third-order valence-electron chi connectivity index (χ3n) is 5.54. The van der Waals surface area contributed by atoms with Gasteiger partial charge in [-0.2, -0.15) is 0 Å². The molecule has 2 aliphatic heterocycles. The van der Waals surface area contributed by atoms with Crippen LogP contribution in [0.25, 0.3) is 0 Å². The van der Waals surface area contributed by atoms with Crippen LogP contribution in [0.3, 0.4) is 0 Å². The monoisotopic (exact) mass is 394 g/mol. The molecule has 6 nitrogen and oxygen atoms in total. The highest BCUT2D eigenvalue weighted by molar-refractivity contribution is 6.04. The lowest BCUT2D eigenvalue weighted by Crippen LogP contribution is -2.29.